The number of aliphatic hydroxyl groups excluding tert-OH is 1. The number of nitrogens with zero attached hydrogens (tertiary/aromatic N) is 1. The number of hydrogen-bond acceptors (Lipinski definition) is 3. The summed E-state index contributed by atoms with van der Waals surface area (Å²) < 4.78 is 0. The molecule has 3 N–H and O–H groups in total. The van der Waals surface area contributed by atoms with Crippen LogP contribution in [0.1, 0.15) is 47.0 Å². The van der Waals surface area contributed by atoms with E-state index in [-0.39, 0.29) is 12.0 Å². The largest absolute Gasteiger partial charge is 0.396 e. The third kappa shape index (κ3) is 6.96. The molecule has 0 heterocycles. The van der Waals surface area contributed by atoms with Gasteiger partial charge >= 0.3 is 0 Å². The maximum absolute atomic E-state index is 8.86. The summed E-state index contributed by atoms with van der Waals surface area (Å²) in [5.41, 5.74) is 5.67. The van der Waals surface area contributed by atoms with E-state index in [1.165, 1.54) is 0 Å². The van der Waals surface area contributed by atoms with Crippen LogP contribution in [0.5, 0.6) is 0 Å². The molecule has 17 heavy (non-hydrogen) atoms. The summed E-state index contributed by atoms with van der Waals surface area (Å²) in [6.45, 7) is 10.9. The minimum Gasteiger partial charge on any atom is -0.396 e. The smallest absolute Gasteiger partial charge is 0.0784 e. The number of thiocarbonyl (C=S) groups is 1. The van der Waals surface area contributed by atoms with Gasteiger partial charge in [-0.2, -0.15) is 0 Å². The Hall–Kier alpha value is -0.190. The van der Waals surface area contributed by atoms with Crippen molar-refractivity contribution in [2.75, 3.05) is 19.7 Å². The third-order valence-electron chi connectivity index (χ3n) is 3.25. The molecule has 0 aliphatic heterocycles. The normalized spacial score (nSPS) is 12.4. The standard InChI is InChI=1S/C13H28N2OS/c1-11(2)15(9-6-10-16)8-5-7-13(3,4)12(14)17/h11,16H,5-10H2,1-4H3,(H2,14,17). The molecule has 0 radical (unpaired) electrons. The number of rotatable bonds is 9. The van der Waals surface area contributed by atoms with Gasteiger partial charge in [-0.15, -0.1) is 0 Å². The summed E-state index contributed by atoms with van der Waals surface area (Å²) >= 11 is 5.06. The number of aliphatic hydroxyl groups is 1. The van der Waals surface area contributed by atoms with Crippen molar-refractivity contribution in [3.05, 3.63) is 0 Å². The summed E-state index contributed by atoms with van der Waals surface area (Å²) in [6.07, 6.45) is 2.95. The Morgan fingerprint density at radius 1 is 1.29 bits per heavy atom. The summed E-state index contributed by atoms with van der Waals surface area (Å²) in [4.78, 5) is 3.00. The van der Waals surface area contributed by atoms with Crippen molar-refractivity contribution in [1.82, 2.24) is 4.90 Å². The van der Waals surface area contributed by atoms with Crippen molar-refractivity contribution >= 4 is 17.2 Å². The van der Waals surface area contributed by atoms with E-state index in [1.54, 1.807) is 0 Å². The predicted molar refractivity (Wildman–Crippen MR) is 78.2 cm³/mol. The molecule has 0 bridgehead atoms. The van der Waals surface area contributed by atoms with E-state index in [4.69, 9.17) is 23.1 Å². The molecule has 0 aromatic carbocycles. The average molecular weight is 260 g/mol. The van der Waals surface area contributed by atoms with Crippen LogP contribution in [0.25, 0.3) is 0 Å². The average Bonchev–Trinajstić information content (AvgIpc) is 2.22. The van der Waals surface area contributed by atoms with Gasteiger partial charge in [-0.25, -0.2) is 0 Å². The lowest BCUT2D eigenvalue weighted by Gasteiger charge is -2.29. The molecule has 0 aromatic heterocycles. The molecule has 3 nitrogen and oxygen atoms in total. The highest BCUT2D eigenvalue weighted by molar-refractivity contribution is 7.80. The van der Waals surface area contributed by atoms with Crippen molar-refractivity contribution in [3.8, 4) is 0 Å². The van der Waals surface area contributed by atoms with Crippen LogP contribution in [-0.2, 0) is 0 Å². The predicted octanol–water partition coefficient (Wildman–Crippen LogP) is 2.17. The first-order valence-corrected chi connectivity index (χ1v) is 6.87. The lowest BCUT2D eigenvalue weighted by Crippen LogP contribution is -2.35. The topological polar surface area (TPSA) is 49.5 Å². The van der Waals surface area contributed by atoms with Crippen molar-refractivity contribution in [2.24, 2.45) is 11.1 Å². The van der Waals surface area contributed by atoms with Gasteiger partial charge in [0.05, 0.1) is 4.99 Å². The van der Waals surface area contributed by atoms with Gasteiger partial charge in [-0.1, -0.05) is 26.1 Å². The van der Waals surface area contributed by atoms with Crippen molar-refractivity contribution in [1.29, 1.82) is 0 Å². The van der Waals surface area contributed by atoms with Crippen LogP contribution in [0, 0.1) is 5.41 Å². The Labute approximate surface area is 111 Å². The lowest BCUT2D eigenvalue weighted by molar-refractivity contribution is 0.185. The highest BCUT2D eigenvalue weighted by Crippen LogP contribution is 2.22. The van der Waals surface area contributed by atoms with Gasteiger partial charge in [0.2, 0.25) is 0 Å². The summed E-state index contributed by atoms with van der Waals surface area (Å²) in [7, 11) is 0. The molecule has 102 valence electrons. The van der Waals surface area contributed by atoms with Crippen molar-refractivity contribution < 1.29 is 5.11 Å². The van der Waals surface area contributed by atoms with Crippen LogP contribution in [0.3, 0.4) is 0 Å². The van der Waals surface area contributed by atoms with E-state index in [9.17, 15) is 0 Å². The van der Waals surface area contributed by atoms with Gasteiger partial charge < -0.3 is 15.7 Å². The summed E-state index contributed by atoms with van der Waals surface area (Å²) in [6, 6.07) is 0.523. The Morgan fingerprint density at radius 2 is 1.82 bits per heavy atom. The van der Waals surface area contributed by atoms with Crippen molar-refractivity contribution in [3.63, 3.8) is 0 Å². The van der Waals surface area contributed by atoms with Crippen molar-refractivity contribution in [2.45, 2.75) is 53.0 Å². The minimum atomic E-state index is -0.0467. The lowest BCUT2D eigenvalue weighted by atomic mass is 9.88. The van der Waals surface area contributed by atoms with Crippen LogP contribution in [-0.4, -0.2) is 40.7 Å². The zero-order valence-electron chi connectivity index (χ0n) is 11.7. The highest BCUT2D eigenvalue weighted by atomic mass is 32.1. The zero-order valence-corrected chi connectivity index (χ0v) is 12.5. The fourth-order valence-corrected chi connectivity index (χ4v) is 1.85. The monoisotopic (exact) mass is 260 g/mol. The second-order valence-electron chi connectivity index (χ2n) is 5.56. The quantitative estimate of drug-likeness (QED) is 0.624. The van der Waals surface area contributed by atoms with Gasteiger partial charge in [0.15, 0.2) is 0 Å². The van der Waals surface area contributed by atoms with E-state index in [0.29, 0.717) is 11.0 Å². The minimum absolute atomic E-state index is 0.0467. The molecule has 0 aliphatic carbocycles. The number of nitrogens with two attached hydrogens (primary N) is 1. The van der Waals surface area contributed by atoms with E-state index < -0.39 is 0 Å². The molecule has 4 heteroatoms. The van der Waals surface area contributed by atoms with Crippen LogP contribution >= 0.6 is 12.2 Å². The Bertz CT molecular complexity index is 229. The molecule has 0 aliphatic rings. The van der Waals surface area contributed by atoms with E-state index in [1.807, 2.05) is 0 Å². The van der Waals surface area contributed by atoms with Gasteiger partial charge in [0.1, 0.15) is 0 Å². The second-order valence-corrected chi connectivity index (χ2v) is 6.00. The van der Waals surface area contributed by atoms with Crippen LogP contribution in [0.15, 0.2) is 0 Å². The number of hydrogen-bond donors (Lipinski definition) is 2. The van der Waals surface area contributed by atoms with Gasteiger partial charge in [0.25, 0.3) is 0 Å². The molecular weight excluding hydrogens is 232 g/mol. The Kier molecular flexibility index (Phi) is 7.92. The summed E-state index contributed by atoms with van der Waals surface area (Å²) in [5, 5.41) is 8.86. The Balaban J connectivity index is 4.01. The molecule has 0 amide bonds. The van der Waals surface area contributed by atoms with Crippen LogP contribution in [0.2, 0.25) is 0 Å². The molecule has 0 saturated carbocycles. The molecule has 0 saturated heterocycles. The highest BCUT2D eigenvalue weighted by Gasteiger charge is 2.21. The first-order valence-electron chi connectivity index (χ1n) is 6.46. The van der Waals surface area contributed by atoms with E-state index >= 15 is 0 Å². The molecule has 0 unspecified atom stereocenters. The molecule has 0 fully saturated rings. The molecule has 0 rings (SSSR count). The van der Waals surface area contributed by atoms with Crippen LogP contribution < -0.4 is 5.73 Å². The maximum Gasteiger partial charge on any atom is 0.0784 e. The van der Waals surface area contributed by atoms with Gasteiger partial charge in [0, 0.05) is 24.6 Å². The van der Waals surface area contributed by atoms with Crippen LogP contribution in [0.4, 0.5) is 0 Å². The second kappa shape index (κ2) is 8.01. The first-order chi connectivity index (χ1) is 7.81. The van der Waals surface area contributed by atoms with Gasteiger partial charge in [-0.3, -0.25) is 0 Å². The molecular formula is C13H28N2OS. The summed E-state index contributed by atoms with van der Waals surface area (Å²) in [5.74, 6) is 0. The van der Waals surface area contributed by atoms with E-state index in [2.05, 4.69) is 32.6 Å². The molecule has 0 atom stereocenters. The molecule has 0 aromatic rings. The Morgan fingerprint density at radius 3 is 2.24 bits per heavy atom. The van der Waals surface area contributed by atoms with Gasteiger partial charge in [-0.05, 0) is 39.7 Å². The third-order valence-corrected chi connectivity index (χ3v) is 3.80. The van der Waals surface area contributed by atoms with E-state index in [0.717, 1.165) is 32.4 Å². The first kappa shape index (κ1) is 16.8. The zero-order chi connectivity index (χ0) is 13.5. The SMILES string of the molecule is CC(C)N(CCCO)CCCC(C)(C)C(N)=S. The fourth-order valence-electron chi connectivity index (χ4n) is 1.75. The maximum atomic E-state index is 8.86. The molecule has 0 spiro atoms. The fraction of sp³-hybridized carbons (Fsp3) is 0.923.